The standard InChI is InChI=1S/C21H27N3O5S/c1-30-11-10-17(20(27)28)22-18(25)14-8-6-13(7-9-14)12-24-19(26)15-4-2-3-5-16(15)23-21(24)29/h2-5,13-14,17H,6-12H2,1H3,(H,22,25)(H,23,29)(H,27,28)/t13?,14?,17-/m1/s1. The van der Waals surface area contributed by atoms with E-state index in [9.17, 15) is 24.3 Å². The molecule has 1 aliphatic rings. The van der Waals surface area contributed by atoms with Crippen LogP contribution in [0.5, 0.6) is 0 Å². The van der Waals surface area contributed by atoms with Crippen LogP contribution in [0.4, 0.5) is 0 Å². The minimum atomic E-state index is -1.01. The van der Waals surface area contributed by atoms with E-state index in [0.717, 1.165) is 0 Å². The summed E-state index contributed by atoms with van der Waals surface area (Å²) in [6, 6.07) is 6.07. The van der Waals surface area contributed by atoms with E-state index in [0.29, 0.717) is 55.3 Å². The number of amides is 1. The molecular formula is C21H27N3O5S. The van der Waals surface area contributed by atoms with Crippen molar-refractivity contribution in [2.24, 2.45) is 11.8 Å². The number of hydrogen-bond donors (Lipinski definition) is 3. The molecule has 1 aromatic carbocycles. The van der Waals surface area contributed by atoms with Gasteiger partial charge < -0.3 is 15.4 Å². The summed E-state index contributed by atoms with van der Waals surface area (Å²) < 4.78 is 1.25. The van der Waals surface area contributed by atoms with E-state index >= 15 is 0 Å². The molecule has 3 rings (SSSR count). The Labute approximate surface area is 178 Å². The first-order chi connectivity index (χ1) is 14.4. The maximum absolute atomic E-state index is 12.7. The second kappa shape index (κ2) is 9.97. The number of aromatic amines is 1. The smallest absolute Gasteiger partial charge is 0.328 e. The van der Waals surface area contributed by atoms with Crippen molar-refractivity contribution in [3.05, 3.63) is 45.1 Å². The van der Waals surface area contributed by atoms with Gasteiger partial charge >= 0.3 is 11.7 Å². The van der Waals surface area contributed by atoms with Gasteiger partial charge in [-0.25, -0.2) is 9.59 Å². The normalized spacial score (nSPS) is 20.0. The lowest BCUT2D eigenvalue weighted by atomic mass is 9.81. The molecule has 0 unspecified atom stereocenters. The molecule has 1 atom stereocenters. The van der Waals surface area contributed by atoms with E-state index in [2.05, 4.69) is 10.3 Å². The molecule has 0 spiro atoms. The Kier molecular flexibility index (Phi) is 7.36. The van der Waals surface area contributed by atoms with Crippen LogP contribution in [0.15, 0.2) is 33.9 Å². The molecule has 0 saturated heterocycles. The second-order valence-corrected chi connectivity index (χ2v) is 8.78. The van der Waals surface area contributed by atoms with Crippen LogP contribution in [0.3, 0.4) is 0 Å². The maximum Gasteiger partial charge on any atom is 0.328 e. The van der Waals surface area contributed by atoms with Crippen LogP contribution in [-0.4, -0.2) is 44.6 Å². The molecule has 162 valence electrons. The number of carbonyl (C=O) groups is 2. The minimum Gasteiger partial charge on any atom is -0.480 e. The van der Waals surface area contributed by atoms with Gasteiger partial charge in [0.25, 0.3) is 5.56 Å². The average molecular weight is 434 g/mol. The number of carboxylic acid groups (broad SMARTS) is 1. The van der Waals surface area contributed by atoms with Crippen molar-refractivity contribution in [2.45, 2.75) is 44.7 Å². The quantitative estimate of drug-likeness (QED) is 0.584. The van der Waals surface area contributed by atoms with Crippen LogP contribution in [-0.2, 0) is 16.1 Å². The molecule has 9 heteroatoms. The summed E-state index contributed by atoms with van der Waals surface area (Å²) in [5.41, 5.74) is -0.192. The van der Waals surface area contributed by atoms with Crippen molar-refractivity contribution < 1.29 is 14.7 Å². The van der Waals surface area contributed by atoms with Gasteiger partial charge in [0.05, 0.1) is 10.9 Å². The Bertz CT molecular complexity index is 1020. The summed E-state index contributed by atoms with van der Waals surface area (Å²) in [7, 11) is 0. The van der Waals surface area contributed by atoms with Crippen molar-refractivity contribution in [1.29, 1.82) is 0 Å². The van der Waals surface area contributed by atoms with Crippen LogP contribution < -0.4 is 16.6 Å². The monoisotopic (exact) mass is 433 g/mol. The van der Waals surface area contributed by atoms with E-state index in [1.54, 1.807) is 36.0 Å². The molecule has 2 aromatic rings. The van der Waals surface area contributed by atoms with Crippen LogP contribution in [0.2, 0.25) is 0 Å². The first-order valence-electron chi connectivity index (χ1n) is 10.1. The molecular weight excluding hydrogens is 406 g/mol. The largest absolute Gasteiger partial charge is 0.480 e. The van der Waals surface area contributed by atoms with Gasteiger partial charge in [-0.15, -0.1) is 0 Å². The number of para-hydroxylation sites is 1. The molecule has 30 heavy (non-hydrogen) atoms. The lowest BCUT2D eigenvalue weighted by molar-refractivity contribution is -0.142. The second-order valence-electron chi connectivity index (χ2n) is 7.79. The average Bonchev–Trinajstić information content (AvgIpc) is 2.74. The Morgan fingerprint density at radius 2 is 1.93 bits per heavy atom. The predicted molar refractivity (Wildman–Crippen MR) is 117 cm³/mol. The van der Waals surface area contributed by atoms with Crippen LogP contribution in [0.1, 0.15) is 32.1 Å². The molecule has 0 bridgehead atoms. The third-order valence-electron chi connectivity index (χ3n) is 5.77. The van der Waals surface area contributed by atoms with E-state index in [1.165, 1.54) is 4.57 Å². The first-order valence-corrected chi connectivity index (χ1v) is 11.5. The topological polar surface area (TPSA) is 121 Å². The number of aromatic nitrogens is 2. The number of aliphatic carboxylic acids is 1. The number of H-pyrrole nitrogens is 1. The van der Waals surface area contributed by atoms with Gasteiger partial charge in [-0.1, -0.05) is 12.1 Å². The highest BCUT2D eigenvalue weighted by molar-refractivity contribution is 7.98. The Morgan fingerprint density at radius 3 is 2.60 bits per heavy atom. The number of fused-ring (bicyclic) bond motifs is 1. The van der Waals surface area contributed by atoms with Gasteiger partial charge in [0.1, 0.15) is 6.04 Å². The zero-order valence-electron chi connectivity index (χ0n) is 16.9. The number of thioether (sulfide) groups is 1. The fourth-order valence-corrected chi connectivity index (χ4v) is 4.48. The summed E-state index contributed by atoms with van der Waals surface area (Å²) in [6.07, 6.45) is 4.94. The number of carboxylic acids is 1. The molecule has 1 aliphatic carbocycles. The summed E-state index contributed by atoms with van der Waals surface area (Å²) >= 11 is 1.54. The Balaban J connectivity index is 1.60. The summed E-state index contributed by atoms with van der Waals surface area (Å²) in [4.78, 5) is 51.6. The van der Waals surface area contributed by atoms with Gasteiger partial charge in [0.15, 0.2) is 0 Å². The van der Waals surface area contributed by atoms with Crippen molar-refractivity contribution >= 4 is 34.5 Å². The molecule has 1 saturated carbocycles. The highest BCUT2D eigenvalue weighted by Gasteiger charge is 2.29. The fourth-order valence-electron chi connectivity index (χ4n) is 4.01. The van der Waals surface area contributed by atoms with E-state index < -0.39 is 17.7 Å². The number of hydrogen-bond acceptors (Lipinski definition) is 5. The lowest BCUT2D eigenvalue weighted by Gasteiger charge is -2.28. The molecule has 1 fully saturated rings. The highest BCUT2D eigenvalue weighted by Crippen LogP contribution is 2.29. The Hall–Kier alpha value is -2.55. The summed E-state index contributed by atoms with van der Waals surface area (Å²) in [5, 5.41) is 12.4. The summed E-state index contributed by atoms with van der Waals surface area (Å²) in [5.74, 6) is -0.674. The summed E-state index contributed by atoms with van der Waals surface area (Å²) in [6.45, 7) is 0.318. The van der Waals surface area contributed by atoms with Gasteiger partial charge in [-0.3, -0.25) is 14.2 Å². The molecule has 8 nitrogen and oxygen atoms in total. The third kappa shape index (κ3) is 5.13. The van der Waals surface area contributed by atoms with Gasteiger partial charge in [-0.05, 0) is 62.2 Å². The van der Waals surface area contributed by atoms with E-state index in [-0.39, 0.29) is 23.3 Å². The van der Waals surface area contributed by atoms with Gasteiger partial charge in [0, 0.05) is 12.5 Å². The predicted octanol–water partition coefficient (Wildman–Crippen LogP) is 1.82. The zero-order valence-corrected chi connectivity index (χ0v) is 17.7. The number of nitrogens with one attached hydrogen (secondary N) is 2. The molecule has 1 amide bonds. The van der Waals surface area contributed by atoms with Crippen LogP contribution in [0.25, 0.3) is 10.9 Å². The molecule has 1 heterocycles. The van der Waals surface area contributed by atoms with E-state index in [1.807, 2.05) is 6.26 Å². The molecule has 0 radical (unpaired) electrons. The maximum atomic E-state index is 12.7. The van der Waals surface area contributed by atoms with Crippen LogP contribution >= 0.6 is 11.8 Å². The SMILES string of the molecule is CSCC[C@@H](NC(=O)C1CCC(Cn2c(=O)[nH]c3ccccc3c2=O)CC1)C(=O)O. The number of benzene rings is 1. The van der Waals surface area contributed by atoms with Gasteiger partial charge in [0.2, 0.25) is 5.91 Å². The number of rotatable bonds is 8. The number of carbonyl (C=O) groups excluding carboxylic acids is 1. The molecule has 1 aromatic heterocycles. The molecule has 3 N–H and O–H groups in total. The first kappa shape index (κ1) is 22.1. The van der Waals surface area contributed by atoms with Crippen molar-refractivity contribution in [3.8, 4) is 0 Å². The van der Waals surface area contributed by atoms with Crippen LogP contribution in [0, 0.1) is 11.8 Å². The van der Waals surface area contributed by atoms with Crippen molar-refractivity contribution in [1.82, 2.24) is 14.9 Å². The molecule has 0 aliphatic heterocycles. The fraction of sp³-hybridized carbons (Fsp3) is 0.524. The highest BCUT2D eigenvalue weighted by atomic mass is 32.2. The van der Waals surface area contributed by atoms with Crippen molar-refractivity contribution in [3.63, 3.8) is 0 Å². The van der Waals surface area contributed by atoms with E-state index in [4.69, 9.17) is 0 Å². The Morgan fingerprint density at radius 1 is 1.23 bits per heavy atom. The van der Waals surface area contributed by atoms with Crippen molar-refractivity contribution in [2.75, 3.05) is 12.0 Å². The van der Waals surface area contributed by atoms with Gasteiger partial charge in [-0.2, -0.15) is 11.8 Å². The zero-order chi connectivity index (χ0) is 21.7. The minimum absolute atomic E-state index is 0.126. The lowest BCUT2D eigenvalue weighted by Crippen LogP contribution is -2.45. The number of nitrogens with zero attached hydrogens (tertiary/aromatic N) is 1. The third-order valence-corrected chi connectivity index (χ3v) is 6.42.